The highest BCUT2D eigenvalue weighted by Crippen LogP contribution is 2.38. The first kappa shape index (κ1) is 15.8. The second-order valence-corrected chi connectivity index (χ2v) is 6.22. The first-order valence-corrected chi connectivity index (χ1v) is 8.04. The molecular formula is C19H18ClNO2. The van der Waals surface area contributed by atoms with Crippen LogP contribution in [0.3, 0.4) is 0 Å². The monoisotopic (exact) mass is 327 g/mol. The lowest BCUT2D eigenvalue weighted by molar-refractivity contribution is -0.140. The van der Waals surface area contributed by atoms with E-state index in [1.165, 1.54) is 18.1 Å². The zero-order chi connectivity index (χ0) is 16.4. The Hall–Kier alpha value is -2.13. The smallest absolute Gasteiger partial charge is 0.318 e. The van der Waals surface area contributed by atoms with Gasteiger partial charge in [0.15, 0.2) is 0 Å². The number of hydrogen-bond acceptors (Lipinski definition) is 3. The summed E-state index contributed by atoms with van der Waals surface area (Å²) < 4.78 is 0. The van der Waals surface area contributed by atoms with Crippen molar-refractivity contribution in [3.8, 4) is 0 Å². The van der Waals surface area contributed by atoms with E-state index in [2.05, 4.69) is 23.4 Å². The molecule has 118 valence electrons. The van der Waals surface area contributed by atoms with Gasteiger partial charge in [0.2, 0.25) is 0 Å². The van der Waals surface area contributed by atoms with Gasteiger partial charge in [0.25, 0.3) is 0 Å². The largest absolute Gasteiger partial charge is 0.331 e. The lowest BCUT2D eigenvalue weighted by Gasteiger charge is -2.27. The summed E-state index contributed by atoms with van der Waals surface area (Å²) in [6, 6.07) is 14.4. The Labute approximate surface area is 140 Å². The number of hydrogen-bond donors (Lipinski definition) is 0. The standard InChI is InChI=1S/C19H18ClNO2/c1-12-7-8-14(11-18(12)20)15-9-10-19(21-23-13(2)22)17-6-4-3-5-16(15)17/h3-8,11,15H,9-10H2,1-2H3/b21-19+. The molecule has 1 atom stereocenters. The van der Waals surface area contributed by atoms with Crippen molar-refractivity contribution < 1.29 is 9.63 Å². The first-order chi connectivity index (χ1) is 11.1. The fraction of sp³-hybridized carbons (Fsp3) is 0.263. The van der Waals surface area contributed by atoms with E-state index >= 15 is 0 Å². The van der Waals surface area contributed by atoms with Gasteiger partial charge in [0.1, 0.15) is 0 Å². The SMILES string of the molecule is CC(=O)O/N=C1\CCC(c2ccc(C)c(Cl)c2)c2ccccc21. The third kappa shape index (κ3) is 3.30. The fourth-order valence-electron chi connectivity index (χ4n) is 3.02. The maximum Gasteiger partial charge on any atom is 0.331 e. The van der Waals surface area contributed by atoms with Crippen LogP contribution >= 0.6 is 11.6 Å². The summed E-state index contributed by atoms with van der Waals surface area (Å²) in [5, 5.41) is 4.82. The first-order valence-electron chi connectivity index (χ1n) is 7.66. The van der Waals surface area contributed by atoms with E-state index in [-0.39, 0.29) is 5.92 Å². The van der Waals surface area contributed by atoms with E-state index in [1.807, 2.05) is 31.2 Å². The van der Waals surface area contributed by atoms with E-state index in [9.17, 15) is 4.79 Å². The summed E-state index contributed by atoms with van der Waals surface area (Å²) in [5.74, 6) is -0.122. The van der Waals surface area contributed by atoms with Crippen molar-refractivity contribution in [2.24, 2.45) is 5.16 Å². The van der Waals surface area contributed by atoms with Crippen molar-refractivity contribution >= 4 is 23.3 Å². The predicted octanol–water partition coefficient (Wildman–Crippen LogP) is 4.84. The summed E-state index contributed by atoms with van der Waals surface area (Å²) >= 11 is 6.29. The number of oxime groups is 1. The molecule has 23 heavy (non-hydrogen) atoms. The zero-order valence-electron chi connectivity index (χ0n) is 13.2. The van der Waals surface area contributed by atoms with Crippen LogP contribution in [0.5, 0.6) is 0 Å². The van der Waals surface area contributed by atoms with E-state index < -0.39 is 5.97 Å². The number of carbonyl (C=O) groups excluding carboxylic acids is 1. The van der Waals surface area contributed by atoms with Crippen LogP contribution in [0, 0.1) is 6.92 Å². The maximum absolute atomic E-state index is 11.0. The van der Waals surface area contributed by atoms with Crippen LogP contribution in [-0.2, 0) is 9.63 Å². The molecule has 2 aromatic rings. The second-order valence-electron chi connectivity index (χ2n) is 5.81. The molecule has 0 saturated carbocycles. The van der Waals surface area contributed by atoms with Crippen LogP contribution in [0.1, 0.15) is 47.9 Å². The Balaban J connectivity index is 2.01. The number of rotatable bonds is 2. The molecule has 1 aliphatic rings. The Bertz CT molecular complexity index is 783. The number of halogens is 1. The lowest BCUT2D eigenvalue weighted by Crippen LogP contribution is -2.18. The minimum atomic E-state index is -0.401. The molecular weight excluding hydrogens is 310 g/mol. The Kier molecular flexibility index (Phi) is 4.49. The highest BCUT2D eigenvalue weighted by Gasteiger charge is 2.26. The van der Waals surface area contributed by atoms with Gasteiger partial charge < -0.3 is 4.84 Å². The van der Waals surface area contributed by atoms with Gasteiger partial charge >= 0.3 is 5.97 Å². The van der Waals surface area contributed by atoms with Crippen molar-refractivity contribution in [1.29, 1.82) is 0 Å². The van der Waals surface area contributed by atoms with Crippen LogP contribution in [0.25, 0.3) is 0 Å². The van der Waals surface area contributed by atoms with Crippen LogP contribution in [0.2, 0.25) is 5.02 Å². The third-order valence-corrected chi connectivity index (χ3v) is 4.61. The summed E-state index contributed by atoms with van der Waals surface area (Å²) in [4.78, 5) is 15.9. The Morgan fingerprint density at radius 3 is 2.78 bits per heavy atom. The molecule has 3 nitrogen and oxygen atoms in total. The molecule has 0 radical (unpaired) electrons. The van der Waals surface area contributed by atoms with Gasteiger partial charge in [-0.3, -0.25) is 0 Å². The van der Waals surface area contributed by atoms with Crippen molar-refractivity contribution in [3.05, 3.63) is 69.7 Å². The van der Waals surface area contributed by atoms with Crippen molar-refractivity contribution in [2.75, 3.05) is 0 Å². The minimum Gasteiger partial charge on any atom is -0.318 e. The molecule has 2 aromatic carbocycles. The molecule has 0 N–H and O–H groups in total. The molecule has 1 unspecified atom stereocenters. The maximum atomic E-state index is 11.0. The molecule has 0 amide bonds. The van der Waals surface area contributed by atoms with Crippen LogP contribution in [0.4, 0.5) is 0 Å². The van der Waals surface area contributed by atoms with Crippen molar-refractivity contribution in [3.63, 3.8) is 0 Å². The van der Waals surface area contributed by atoms with E-state index in [4.69, 9.17) is 16.4 Å². The number of benzene rings is 2. The number of nitrogens with zero attached hydrogens (tertiary/aromatic N) is 1. The summed E-state index contributed by atoms with van der Waals surface area (Å²) in [7, 11) is 0. The highest BCUT2D eigenvalue weighted by molar-refractivity contribution is 6.31. The van der Waals surface area contributed by atoms with E-state index in [1.54, 1.807) is 0 Å². The molecule has 0 aromatic heterocycles. The van der Waals surface area contributed by atoms with Crippen molar-refractivity contribution in [1.82, 2.24) is 0 Å². The second kappa shape index (κ2) is 6.55. The van der Waals surface area contributed by atoms with Gasteiger partial charge in [0, 0.05) is 23.4 Å². The molecule has 0 aliphatic heterocycles. The summed E-state index contributed by atoms with van der Waals surface area (Å²) in [5.41, 5.74) is 5.35. The van der Waals surface area contributed by atoms with Gasteiger partial charge in [-0.2, -0.15) is 0 Å². The number of fused-ring (bicyclic) bond motifs is 1. The molecule has 0 heterocycles. The van der Waals surface area contributed by atoms with Crippen LogP contribution < -0.4 is 0 Å². The van der Waals surface area contributed by atoms with Crippen LogP contribution in [-0.4, -0.2) is 11.7 Å². The molecule has 0 saturated heterocycles. The number of carbonyl (C=O) groups is 1. The summed E-state index contributed by atoms with van der Waals surface area (Å²) in [6.07, 6.45) is 1.68. The molecule has 3 rings (SSSR count). The Morgan fingerprint density at radius 1 is 1.26 bits per heavy atom. The minimum absolute atomic E-state index is 0.278. The normalized spacial score (nSPS) is 18.6. The number of aryl methyl sites for hydroxylation is 1. The van der Waals surface area contributed by atoms with Gasteiger partial charge in [-0.1, -0.05) is 53.2 Å². The van der Waals surface area contributed by atoms with E-state index in [0.29, 0.717) is 0 Å². The Morgan fingerprint density at radius 2 is 2.04 bits per heavy atom. The lowest BCUT2D eigenvalue weighted by atomic mass is 9.78. The molecule has 0 bridgehead atoms. The molecule has 1 aliphatic carbocycles. The van der Waals surface area contributed by atoms with E-state index in [0.717, 1.165) is 34.7 Å². The van der Waals surface area contributed by atoms with Crippen molar-refractivity contribution in [2.45, 2.75) is 32.6 Å². The van der Waals surface area contributed by atoms with Gasteiger partial charge in [-0.25, -0.2) is 4.79 Å². The highest BCUT2D eigenvalue weighted by atomic mass is 35.5. The average Bonchev–Trinajstić information content (AvgIpc) is 2.55. The van der Waals surface area contributed by atoms with Gasteiger partial charge in [0.05, 0.1) is 5.71 Å². The average molecular weight is 328 g/mol. The van der Waals surface area contributed by atoms with Gasteiger partial charge in [-0.15, -0.1) is 0 Å². The predicted molar refractivity (Wildman–Crippen MR) is 92.0 cm³/mol. The third-order valence-electron chi connectivity index (χ3n) is 4.20. The van der Waals surface area contributed by atoms with Gasteiger partial charge in [-0.05, 0) is 42.5 Å². The zero-order valence-corrected chi connectivity index (χ0v) is 13.9. The quantitative estimate of drug-likeness (QED) is 0.584. The topological polar surface area (TPSA) is 38.7 Å². The van der Waals surface area contributed by atoms with Crippen LogP contribution in [0.15, 0.2) is 47.6 Å². The molecule has 4 heteroatoms. The fourth-order valence-corrected chi connectivity index (χ4v) is 3.21. The molecule has 0 spiro atoms. The summed E-state index contributed by atoms with van der Waals surface area (Å²) in [6.45, 7) is 3.36. The molecule has 0 fully saturated rings.